The van der Waals surface area contributed by atoms with E-state index in [4.69, 9.17) is 14.2 Å². The van der Waals surface area contributed by atoms with E-state index in [0.717, 1.165) is 18.7 Å². The first kappa shape index (κ1) is 21.0. The number of amides is 1. The maximum absolute atomic E-state index is 13.4. The van der Waals surface area contributed by atoms with E-state index in [1.165, 1.54) is 11.1 Å². The fourth-order valence-electron chi connectivity index (χ4n) is 3.78. The van der Waals surface area contributed by atoms with E-state index >= 15 is 0 Å². The third kappa shape index (κ3) is 4.91. The quantitative estimate of drug-likeness (QED) is 0.486. The zero-order valence-electron chi connectivity index (χ0n) is 18.0. The molecule has 1 aliphatic rings. The molecule has 1 aliphatic heterocycles. The Morgan fingerprint density at radius 2 is 1.94 bits per heavy atom. The summed E-state index contributed by atoms with van der Waals surface area (Å²) in [5, 5.41) is 0. The second-order valence-corrected chi connectivity index (χ2v) is 7.70. The minimum Gasteiger partial charge on any atom is -0.454 e. The van der Waals surface area contributed by atoms with E-state index in [1.54, 1.807) is 25.3 Å². The molecule has 0 N–H and O–H groups in total. The largest absolute Gasteiger partial charge is 0.454 e. The van der Waals surface area contributed by atoms with Gasteiger partial charge in [0, 0.05) is 44.3 Å². The van der Waals surface area contributed by atoms with Crippen molar-refractivity contribution >= 4 is 5.91 Å². The van der Waals surface area contributed by atoms with Crippen LogP contribution in [0.15, 0.2) is 60.8 Å². The number of ether oxygens (including phenoxy) is 3. The Balaban J connectivity index is 1.54. The minimum absolute atomic E-state index is 0.0296. The van der Waals surface area contributed by atoms with Gasteiger partial charge < -0.3 is 23.7 Å². The van der Waals surface area contributed by atoms with Crippen LogP contribution >= 0.6 is 0 Å². The number of nitrogens with zero attached hydrogens (tertiary/aromatic N) is 2. The number of hydrogen-bond acceptors (Lipinski definition) is 4. The number of carbonyl (C=O) groups is 1. The van der Waals surface area contributed by atoms with Crippen LogP contribution in [0.2, 0.25) is 0 Å². The molecule has 0 atom stereocenters. The lowest BCUT2D eigenvalue weighted by atomic mass is 10.1. The average molecular weight is 421 g/mol. The minimum atomic E-state index is -0.0296. The number of carbonyl (C=O) groups excluding carboxylic acids is 1. The lowest BCUT2D eigenvalue weighted by Crippen LogP contribution is -2.33. The van der Waals surface area contributed by atoms with Gasteiger partial charge in [-0.3, -0.25) is 4.79 Å². The molecule has 0 spiro atoms. The maximum Gasteiger partial charge on any atom is 0.254 e. The van der Waals surface area contributed by atoms with Crippen molar-refractivity contribution in [2.45, 2.75) is 26.4 Å². The molecule has 6 nitrogen and oxygen atoms in total. The highest BCUT2D eigenvalue weighted by atomic mass is 16.7. The molecule has 0 fully saturated rings. The molecule has 0 radical (unpaired) electrons. The predicted octanol–water partition coefficient (Wildman–Crippen LogP) is 4.25. The molecule has 0 saturated heterocycles. The highest BCUT2D eigenvalue weighted by molar-refractivity contribution is 5.95. The van der Waals surface area contributed by atoms with Crippen LogP contribution < -0.4 is 9.47 Å². The highest BCUT2D eigenvalue weighted by Crippen LogP contribution is 2.33. The van der Waals surface area contributed by atoms with Gasteiger partial charge in [-0.15, -0.1) is 0 Å². The summed E-state index contributed by atoms with van der Waals surface area (Å²) in [7, 11) is 1.68. The van der Waals surface area contributed by atoms with Gasteiger partial charge in [-0.25, -0.2) is 0 Å². The predicted molar refractivity (Wildman–Crippen MR) is 119 cm³/mol. The fraction of sp³-hybridized carbons (Fsp3) is 0.320. The van der Waals surface area contributed by atoms with E-state index < -0.39 is 0 Å². The maximum atomic E-state index is 13.4. The SMILES string of the molecule is COCCCN(Cc1cccn1Cc1ccccc1C)C(=O)c1ccc2c(c1)OCO2. The molecule has 31 heavy (non-hydrogen) atoms. The van der Waals surface area contributed by atoms with Crippen LogP contribution in [0.3, 0.4) is 0 Å². The monoisotopic (exact) mass is 420 g/mol. The van der Waals surface area contributed by atoms with Gasteiger partial charge in [0.25, 0.3) is 5.91 Å². The molecule has 6 heteroatoms. The van der Waals surface area contributed by atoms with E-state index in [-0.39, 0.29) is 12.7 Å². The molecule has 1 aromatic heterocycles. The number of hydrogen-bond donors (Lipinski definition) is 0. The van der Waals surface area contributed by atoms with E-state index in [9.17, 15) is 4.79 Å². The molecule has 0 saturated carbocycles. The average Bonchev–Trinajstić information content (AvgIpc) is 3.43. The summed E-state index contributed by atoms with van der Waals surface area (Å²) >= 11 is 0. The Bertz CT molecular complexity index is 1040. The van der Waals surface area contributed by atoms with Gasteiger partial charge in [0.2, 0.25) is 6.79 Å². The lowest BCUT2D eigenvalue weighted by molar-refractivity contribution is 0.0719. The molecule has 2 aromatic carbocycles. The van der Waals surface area contributed by atoms with Gasteiger partial charge in [-0.05, 0) is 54.8 Å². The van der Waals surface area contributed by atoms with Crippen molar-refractivity contribution < 1.29 is 19.0 Å². The number of aryl methyl sites for hydroxylation is 1. The first-order valence-electron chi connectivity index (χ1n) is 10.5. The molecular weight excluding hydrogens is 392 g/mol. The first-order chi connectivity index (χ1) is 15.2. The molecule has 2 heterocycles. The third-order valence-electron chi connectivity index (χ3n) is 5.56. The normalized spacial score (nSPS) is 12.2. The van der Waals surface area contributed by atoms with Gasteiger partial charge >= 0.3 is 0 Å². The topological polar surface area (TPSA) is 52.9 Å². The summed E-state index contributed by atoms with van der Waals surface area (Å²) in [6.45, 7) is 4.83. The fourth-order valence-corrected chi connectivity index (χ4v) is 3.78. The van der Waals surface area contributed by atoms with E-state index in [2.05, 4.69) is 48.0 Å². The second kappa shape index (κ2) is 9.71. The van der Waals surface area contributed by atoms with Crippen LogP contribution in [-0.4, -0.2) is 42.4 Å². The highest BCUT2D eigenvalue weighted by Gasteiger charge is 2.21. The van der Waals surface area contributed by atoms with Crippen LogP contribution in [0, 0.1) is 6.92 Å². The molecule has 0 bridgehead atoms. The number of rotatable bonds is 9. The summed E-state index contributed by atoms with van der Waals surface area (Å²) in [5.74, 6) is 1.26. The first-order valence-corrected chi connectivity index (χ1v) is 10.5. The summed E-state index contributed by atoms with van der Waals surface area (Å²) in [5.41, 5.74) is 4.22. The van der Waals surface area contributed by atoms with E-state index in [1.807, 2.05) is 11.0 Å². The molecule has 0 unspecified atom stereocenters. The van der Waals surface area contributed by atoms with Gasteiger partial charge in [0.15, 0.2) is 11.5 Å². The smallest absolute Gasteiger partial charge is 0.254 e. The van der Waals surface area contributed by atoms with Crippen molar-refractivity contribution in [2.24, 2.45) is 0 Å². The van der Waals surface area contributed by atoms with Crippen LogP contribution in [-0.2, 0) is 17.8 Å². The van der Waals surface area contributed by atoms with Crippen molar-refractivity contribution in [3.8, 4) is 11.5 Å². The van der Waals surface area contributed by atoms with Gasteiger partial charge in [-0.2, -0.15) is 0 Å². The standard InChI is InChI=1S/C25H28N2O4/c1-19-7-3-4-8-21(19)16-26-12-5-9-22(26)17-27(13-6-14-29-2)25(28)20-10-11-23-24(15-20)31-18-30-23/h3-5,7-12,15H,6,13-14,16-18H2,1-2H3. The zero-order chi connectivity index (χ0) is 21.6. The molecule has 0 aliphatic carbocycles. The van der Waals surface area contributed by atoms with Crippen molar-refractivity contribution in [2.75, 3.05) is 27.1 Å². The van der Waals surface area contributed by atoms with Crippen LogP contribution in [0.5, 0.6) is 11.5 Å². The molecule has 4 rings (SSSR count). The Hall–Kier alpha value is -3.25. The Morgan fingerprint density at radius 1 is 1.10 bits per heavy atom. The Labute approximate surface area is 183 Å². The van der Waals surface area contributed by atoms with Crippen molar-refractivity contribution in [1.29, 1.82) is 0 Å². The van der Waals surface area contributed by atoms with Crippen LogP contribution in [0.1, 0.15) is 33.6 Å². The summed E-state index contributed by atoms with van der Waals surface area (Å²) in [4.78, 5) is 15.2. The Morgan fingerprint density at radius 3 is 2.77 bits per heavy atom. The lowest BCUT2D eigenvalue weighted by Gasteiger charge is -2.24. The molecule has 162 valence electrons. The zero-order valence-corrected chi connectivity index (χ0v) is 18.0. The summed E-state index contributed by atoms with van der Waals surface area (Å²) in [6, 6.07) is 17.9. The summed E-state index contributed by atoms with van der Waals surface area (Å²) < 4.78 is 18.2. The van der Waals surface area contributed by atoms with E-state index in [0.29, 0.717) is 36.8 Å². The van der Waals surface area contributed by atoms with Gasteiger partial charge in [0.1, 0.15) is 0 Å². The summed E-state index contributed by atoms with van der Waals surface area (Å²) in [6.07, 6.45) is 2.84. The number of benzene rings is 2. The number of fused-ring (bicyclic) bond motifs is 1. The van der Waals surface area contributed by atoms with Crippen LogP contribution in [0.25, 0.3) is 0 Å². The molecular formula is C25H28N2O4. The molecule has 1 amide bonds. The van der Waals surface area contributed by atoms with Crippen molar-refractivity contribution in [3.63, 3.8) is 0 Å². The van der Waals surface area contributed by atoms with Gasteiger partial charge in [0.05, 0.1) is 6.54 Å². The Kier molecular flexibility index (Phi) is 6.57. The van der Waals surface area contributed by atoms with Crippen molar-refractivity contribution in [3.05, 3.63) is 83.2 Å². The van der Waals surface area contributed by atoms with Crippen LogP contribution in [0.4, 0.5) is 0 Å². The number of aromatic nitrogens is 1. The second-order valence-electron chi connectivity index (χ2n) is 7.70. The van der Waals surface area contributed by atoms with Gasteiger partial charge in [-0.1, -0.05) is 24.3 Å². The van der Waals surface area contributed by atoms with Crippen molar-refractivity contribution in [1.82, 2.24) is 9.47 Å². The third-order valence-corrected chi connectivity index (χ3v) is 5.56. The molecule has 3 aromatic rings. The number of methoxy groups -OCH3 is 1.